The van der Waals surface area contributed by atoms with Gasteiger partial charge in [0, 0.05) is 48.1 Å². The van der Waals surface area contributed by atoms with E-state index in [9.17, 15) is 9.18 Å². The molecule has 0 unspecified atom stereocenters. The average Bonchev–Trinajstić information content (AvgIpc) is 3.32. The van der Waals surface area contributed by atoms with Crippen LogP contribution in [0.3, 0.4) is 0 Å². The molecule has 4 aromatic rings. The van der Waals surface area contributed by atoms with Crippen molar-refractivity contribution in [3.05, 3.63) is 78.0 Å². The lowest BCUT2D eigenvalue weighted by Gasteiger charge is -2.38. The predicted octanol–water partition coefficient (Wildman–Crippen LogP) is 4.68. The molecule has 0 saturated carbocycles. The number of hydrogen-bond donors (Lipinski definition) is 1. The molecule has 5 rings (SSSR count). The van der Waals surface area contributed by atoms with E-state index in [2.05, 4.69) is 20.1 Å². The van der Waals surface area contributed by atoms with Gasteiger partial charge in [-0.15, -0.1) is 0 Å². The van der Waals surface area contributed by atoms with E-state index in [4.69, 9.17) is 4.74 Å². The fraction of sp³-hybridized carbons (Fsp3) is 0.296. The zero-order valence-electron chi connectivity index (χ0n) is 19.9. The molecule has 0 spiro atoms. The molecular weight excluding hydrogens is 445 g/mol. The van der Waals surface area contributed by atoms with Gasteiger partial charge in [0.25, 0.3) is 5.91 Å². The summed E-state index contributed by atoms with van der Waals surface area (Å²) in [6, 6.07) is 11.5. The smallest absolute Gasteiger partial charge is 0.254 e. The van der Waals surface area contributed by atoms with Crippen LogP contribution in [0.25, 0.3) is 22.0 Å². The Morgan fingerprint density at radius 3 is 2.80 bits per heavy atom. The number of likely N-dealkylation sites (N-methyl/N-ethyl adjacent to an activating group) is 1. The molecule has 1 amide bonds. The zero-order chi connectivity index (χ0) is 24.4. The highest BCUT2D eigenvalue weighted by Gasteiger charge is 2.29. The van der Waals surface area contributed by atoms with Crippen molar-refractivity contribution in [2.24, 2.45) is 0 Å². The average molecular weight is 474 g/mol. The number of likely N-dealkylation sites (tertiary alicyclic amines) is 1. The first kappa shape index (κ1) is 23.0. The third-order valence-electron chi connectivity index (χ3n) is 6.58. The summed E-state index contributed by atoms with van der Waals surface area (Å²) in [7, 11) is 1.82. The van der Waals surface area contributed by atoms with Gasteiger partial charge in [-0.3, -0.25) is 14.9 Å². The number of pyridine rings is 1. The third-order valence-corrected chi connectivity index (χ3v) is 6.58. The molecule has 2 aromatic carbocycles. The Labute approximate surface area is 203 Å². The fourth-order valence-electron chi connectivity index (χ4n) is 4.55. The molecule has 0 radical (unpaired) electrons. The van der Waals surface area contributed by atoms with Gasteiger partial charge in [0.1, 0.15) is 11.6 Å². The van der Waals surface area contributed by atoms with Crippen molar-refractivity contribution in [3.8, 4) is 16.9 Å². The van der Waals surface area contributed by atoms with E-state index in [0.717, 1.165) is 41.5 Å². The number of hydrogen-bond acceptors (Lipinski definition) is 5. The first-order valence-electron chi connectivity index (χ1n) is 11.8. The number of halogens is 1. The molecule has 1 atom stereocenters. The first-order valence-corrected chi connectivity index (χ1v) is 11.8. The van der Waals surface area contributed by atoms with Gasteiger partial charge in [0.15, 0.2) is 0 Å². The number of aromatic nitrogens is 3. The molecule has 1 aliphatic heterocycles. The van der Waals surface area contributed by atoms with E-state index in [1.54, 1.807) is 35.5 Å². The van der Waals surface area contributed by atoms with Crippen LogP contribution in [0.5, 0.6) is 5.75 Å². The molecule has 35 heavy (non-hydrogen) atoms. The van der Waals surface area contributed by atoms with Gasteiger partial charge < -0.3 is 14.5 Å². The van der Waals surface area contributed by atoms with E-state index in [-0.39, 0.29) is 17.8 Å². The van der Waals surface area contributed by atoms with Crippen LogP contribution >= 0.6 is 0 Å². The molecule has 3 heterocycles. The summed E-state index contributed by atoms with van der Waals surface area (Å²) in [6.07, 6.45) is 6.49. The molecule has 0 bridgehead atoms. The van der Waals surface area contributed by atoms with Crippen molar-refractivity contribution >= 4 is 16.8 Å². The molecule has 180 valence electrons. The van der Waals surface area contributed by atoms with Crippen LogP contribution in [0.1, 0.15) is 35.3 Å². The van der Waals surface area contributed by atoms with Gasteiger partial charge in [-0.05, 0) is 62.3 Å². The number of nitrogens with one attached hydrogen (secondary N) is 1. The van der Waals surface area contributed by atoms with Crippen molar-refractivity contribution in [1.29, 1.82) is 0 Å². The minimum absolute atomic E-state index is 0.126. The molecule has 8 heteroatoms. The number of benzene rings is 2. The second kappa shape index (κ2) is 9.84. The summed E-state index contributed by atoms with van der Waals surface area (Å²) in [5.74, 6) is 0.105. The number of amides is 1. The van der Waals surface area contributed by atoms with E-state index in [0.29, 0.717) is 30.0 Å². The summed E-state index contributed by atoms with van der Waals surface area (Å²) in [5, 5.41) is 8.15. The number of ether oxygens (including phenoxy) is 1. The van der Waals surface area contributed by atoms with Crippen molar-refractivity contribution < 1.29 is 13.9 Å². The molecule has 1 aliphatic rings. The Hall–Kier alpha value is -3.78. The van der Waals surface area contributed by atoms with Crippen LogP contribution in [-0.4, -0.2) is 64.2 Å². The van der Waals surface area contributed by atoms with Gasteiger partial charge in [0.2, 0.25) is 0 Å². The normalized spacial score (nSPS) is 14.5. The van der Waals surface area contributed by atoms with Gasteiger partial charge in [0.05, 0.1) is 24.4 Å². The standard InChI is InChI=1S/C27H28FN5O2/c1-3-35-25-13-19(8-9-22(25)18-6-4-7-21(28)12-18)27(34)32(2)24(17-33-10-5-11-33)23-16-29-14-20-15-30-31-26(20)23/h4,6-9,12-16,24H,3,5,10-11,17H2,1-2H3,(H,30,31)/t24-/m1/s1. The Kier molecular flexibility index (Phi) is 6.46. The number of carbonyl (C=O) groups excluding carboxylic acids is 1. The largest absolute Gasteiger partial charge is 0.493 e. The lowest BCUT2D eigenvalue weighted by atomic mass is 10.00. The number of aromatic amines is 1. The molecule has 2 aromatic heterocycles. The Balaban J connectivity index is 1.49. The van der Waals surface area contributed by atoms with Crippen LogP contribution in [0.15, 0.2) is 61.1 Å². The molecule has 1 N–H and O–H groups in total. The summed E-state index contributed by atoms with van der Waals surface area (Å²) in [5.41, 5.74) is 3.78. The first-order chi connectivity index (χ1) is 17.0. The van der Waals surface area contributed by atoms with E-state index in [1.807, 2.05) is 32.3 Å². The Bertz CT molecular complexity index is 1350. The maximum absolute atomic E-state index is 13.8. The Morgan fingerprint density at radius 2 is 2.06 bits per heavy atom. The van der Waals surface area contributed by atoms with Crippen molar-refractivity contribution in [1.82, 2.24) is 25.0 Å². The van der Waals surface area contributed by atoms with E-state index in [1.165, 1.54) is 12.1 Å². The minimum atomic E-state index is -0.319. The van der Waals surface area contributed by atoms with Crippen molar-refractivity contribution in [3.63, 3.8) is 0 Å². The van der Waals surface area contributed by atoms with Crippen LogP contribution in [0.4, 0.5) is 4.39 Å². The number of rotatable bonds is 8. The summed E-state index contributed by atoms with van der Waals surface area (Å²) in [4.78, 5) is 22.2. The lowest BCUT2D eigenvalue weighted by molar-refractivity contribution is 0.0640. The summed E-state index contributed by atoms with van der Waals surface area (Å²) in [6.45, 7) is 5.06. The van der Waals surface area contributed by atoms with Gasteiger partial charge >= 0.3 is 0 Å². The van der Waals surface area contributed by atoms with Crippen LogP contribution < -0.4 is 4.74 Å². The van der Waals surface area contributed by atoms with Gasteiger partial charge in [-0.2, -0.15) is 5.10 Å². The SMILES string of the molecule is CCOc1cc(C(=O)N(C)[C@H](CN2CCC2)c2cncc3cn[nH]c23)ccc1-c1cccc(F)c1. The second-order valence-corrected chi connectivity index (χ2v) is 8.80. The summed E-state index contributed by atoms with van der Waals surface area (Å²) < 4.78 is 19.7. The fourth-order valence-corrected chi connectivity index (χ4v) is 4.55. The van der Waals surface area contributed by atoms with Crippen LogP contribution in [-0.2, 0) is 0 Å². The highest BCUT2D eigenvalue weighted by atomic mass is 19.1. The van der Waals surface area contributed by atoms with Crippen molar-refractivity contribution in [2.45, 2.75) is 19.4 Å². The zero-order valence-corrected chi connectivity index (χ0v) is 19.9. The topological polar surface area (TPSA) is 74.3 Å². The molecule has 0 aliphatic carbocycles. The van der Waals surface area contributed by atoms with E-state index < -0.39 is 0 Å². The monoisotopic (exact) mass is 473 g/mol. The van der Waals surface area contributed by atoms with Gasteiger partial charge in [-0.1, -0.05) is 12.1 Å². The second-order valence-electron chi connectivity index (χ2n) is 8.80. The molecule has 1 fully saturated rings. The van der Waals surface area contributed by atoms with Gasteiger partial charge in [-0.25, -0.2) is 4.39 Å². The highest BCUT2D eigenvalue weighted by Crippen LogP contribution is 2.33. The number of H-pyrrole nitrogens is 1. The molecule has 7 nitrogen and oxygen atoms in total. The minimum Gasteiger partial charge on any atom is -0.493 e. The third kappa shape index (κ3) is 4.61. The summed E-state index contributed by atoms with van der Waals surface area (Å²) >= 11 is 0. The maximum Gasteiger partial charge on any atom is 0.254 e. The van der Waals surface area contributed by atoms with Crippen LogP contribution in [0, 0.1) is 5.82 Å². The lowest BCUT2D eigenvalue weighted by Crippen LogP contribution is -2.45. The number of fused-ring (bicyclic) bond motifs is 1. The van der Waals surface area contributed by atoms with Crippen LogP contribution in [0.2, 0.25) is 0 Å². The number of carbonyl (C=O) groups is 1. The maximum atomic E-state index is 13.8. The number of nitrogens with zero attached hydrogens (tertiary/aromatic N) is 4. The van der Waals surface area contributed by atoms with Crippen molar-refractivity contribution in [2.75, 3.05) is 33.3 Å². The highest BCUT2D eigenvalue weighted by molar-refractivity contribution is 5.96. The molecule has 1 saturated heterocycles. The quantitative estimate of drug-likeness (QED) is 0.402. The molecular formula is C27H28FN5O2. The van der Waals surface area contributed by atoms with E-state index >= 15 is 0 Å². The Morgan fingerprint density at radius 1 is 1.20 bits per heavy atom. The predicted molar refractivity (Wildman–Crippen MR) is 133 cm³/mol.